The zero-order valence-electron chi connectivity index (χ0n) is 8.73. The van der Waals surface area contributed by atoms with Crippen LogP contribution in [0.25, 0.3) is 0 Å². The number of halogens is 1. The van der Waals surface area contributed by atoms with Crippen molar-refractivity contribution >= 4 is 23.5 Å². The molecule has 1 aromatic rings. The van der Waals surface area contributed by atoms with E-state index in [0.717, 1.165) is 17.1 Å². The molecule has 0 saturated carbocycles. The molecule has 2 unspecified atom stereocenters. The molecule has 16 heavy (non-hydrogen) atoms. The Kier molecular flexibility index (Phi) is 4.45. The highest BCUT2D eigenvalue weighted by atomic mass is 32.2. The highest BCUT2D eigenvalue weighted by Crippen LogP contribution is 2.32. The van der Waals surface area contributed by atoms with Crippen LogP contribution in [0.15, 0.2) is 18.5 Å². The largest absolute Gasteiger partial charge is 0.271 e. The Morgan fingerprint density at radius 3 is 3.00 bits per heavy atom. The lowest BCUT2D eigenvalue weighted by Gasteiger charge is -2.29. The number of rotatable bonds is 3. The van der Waals surface area contributed by atoms with Gasteiger partial charge >= 0.3 is 0 Å². The molecule has 0 bridgehead atoms. The summed E-state index contributed by atoms with van der Waals surface area (Å²) in [4.78, 5) is 3.86. The fourth-order valence-corrected chi connectivity index (χ4v) is 4.57. The average molecular weight is 259 g/mol. The van der Waals surface area contributed by atoms with Crippen LogP contribution in [0.1, 0.15) is 11.6 Å². The molecule has 1 saturated heterocycles. The Balaban J connectivity index is 2.14. The maximum atomic E-state index is 13.1. The maximum Gasteiger partial charge on any atom is 0.141 e. The third kappa shape index (κ3) is 2.88. The van der Waals surface area contributed by atoms with Gasteiger partial charge in [0.15, 0.2) is 0 Å². The fraction of sp³-hybridized carbons (Fsp3) is 0.500. The predicted molar refractivity (Wildman–Crippen MR) is 67.8 cm³/mol. The highest BCUT2D eigenvalue weighted by molar-refractivity contribution is 8.06. The summed E-state index contributed by atoms with van der Waals surface area (Å²) in [6.45, 7) is 0. The van der Waals surface area contributed by atoms with Gasteiger partial charge in [-0.2, -0.15) is 23.5 Å². The van der Waals surface area contributed by atoms with Crippen LogP contribution in [-0.4, -0.2) is 27.5 Å². The maximum absolute atomic E-state index is 13.1. The standard InChI is InChI=1S/C10H14FN3S2/c11-8-3-7(4-13-5-8)10(14-12)9-6-15-1-2-16-9/h3-5,9-10,14H,1-2,6,12H2. The monoisotopic (exact) mass is 259 g/mol. The second-order valence-corrected chi connectivity index (χ2v) is 6.06. The molecule has 2 atom stereocenters. The minimum atomic E-state index is -0.314. The predicted octanol–water partition coefficient (Wildman–Crippen LogP) is 1.57. The van der Waals surface area contributed by atoms with Gasteiger partial charge in [0.1, 0.15) is 5.82 Å². The molecule has 3 nitrogen and oxygen atoms in total. The molecule has 1 aliphatic rings. The van der Waals surface area contributed by atoms with Crippen LogP contribution in [-0.2, 0) is 0 Å². The fourth-order valence-electron chi connectivity index (χ4n) is 1.72. The first-order valence-corrected chi connectivity index (χ1v) is 7.27. The van der Waals surface area contributed by atoms with E-state index in [1.807, 2.05) is 23.5 Å². The van der Waals surface area contributed by atoms with Crippen molar-refractivity contribution in [2.45, 2.75) is 11.3 Å². The summed E-state index contributed by atoms with van der Waals surface area (Å²) in [7, 11) is 0. The first-order valence-electron chi connectivity index (χ1n) is 5.07. The van der Waals surface area contributed by atoms with Crippen molar-refractivity contribution in [2.24, 2.45) is 5.84 Å². The van der Waals surface area contributed by atoms with Gasteiger partial charge in [0.05, 0.1) is 12.2 Å². The number of hydrazine groups is 1. The summed E-state index contributed by atoms with van der Waals surface area (Å²) in [5.41, 5.74) is 3.60. The minimum absolute atomic E-state index is 0.0269. The summed E-state index contributed by atoms with van der Waals surface area (Å²) in [6, 6.07) is 1.47. The number of hydrogen-bond donors (Lipinski definition) is 2. The highest BCUT2D eigenvalue weighted by Gasteiger charge is 2.25. The molecule has 0 spiro atoms. The second kappa shape index (κ2) is 5.86. The van der Waals surface area contributed by atoms with E-state index in [1.165, 1.54) is 18.0 Å². The van der Waals surface area contributed by atoms with Crippen molar-refractivity contribution in [3.05, 3.63) is 29.8 Å². The van der Waals surface area contributed by atoms with Crippen molar-refractivity contribution in [3.63, 3.8) is 0 Å². The molecular formula is C10H14FN3S2. The van der Waals surface area contributed by atoms with Crippen molar-refractivity contribution < 1.29 is 4.39 Å². The summed E-state index contributed by atoms with van der Waals surface area (Å²) >= 11 is 3.80. The smallest absolute Gasteiger partial charge is 0.141 e. The van der Waals surface area contributed by atoms with Crippen LogP contribution >= 0.6 is 23.5 Å². The Bertz CT molecular complexity index is 345. The molecule has 6 heteroatoms. The van der Waals surface area contributed by atoms with E-state index in [4.69, 9.17) is 5.84 Å². The van der Waals surface area contributed by atoms with E-state index in [-0.39, 0.29) is 11.9 Å². The Morgan fingerprint density at radius 1 is 1.50 bits per heavy atom. The SMILES string of the molecule is NNC(c1cncc(F)c1)C1CSCCS1. The van der Waals surface area contributed by atoms with Crippen LogP contribution in [0.2, 0.25) is 0 Å². The molecule has 1 aromatic heterocycles. The van der Waals surface area contributed by atoms with Crippen LogP contribution in [0.4, 0.5) is 4.39 Å². The molecule has 0 aromatic carbocycles. The Labute approximate surface area is 103 Å². The molecule has 1 fully saturated rings. The molecule has 2 heterocycles. The van der Waals surface area contributed by atoms with Gasteiger partial charge in [-0.1, -0.05) is 0 Å². The van der Waals surface area contributed by atoms with Gasteiger partial charge in [-0.25, -0.2) is 4.39 Å². The summed E-state index contributed by atoms with van der Waals surface area (Å²) in [6.07, 6.45) is 2.88. The van der Waals surface area contributed by atoms with E-state index in [1.54, 1.807) is 6.20 Å². The Hall–Kier alpha value is -0.300. The second-order valence-electron chi connectivity index (χ2n) is 3.56. The quantitative estimate of drug-likeness (QED) is 0.637. The lowest BCUT2D eigenvalue weighted by atomic mass is 10.1. The lowest BCUT2D eigenvalue weighted by molar-refractivity contribution is 0.542. The molecule has 0 amide bonds. The average Bonchev–Trinajstić information content (AvgIpc) is 2.31. The third-order valence-electron chi connectivity index (χ3n) is 2.48. The summed E-state index contributed by atoms with van der Waals surface area (Å²) in [5, 5.41) is 0.382. The topological polar surface area (TPSA) is 50.9 Å². The van der Waals surface area contributed by atoms with Crippen molar-refractivity contribution in [1.29, 1.82) is 0 Å². The first kappa shape index (κ1) is 12.2. The molecule has 0 radical (unpaired) electrons. The van der Waals surface area contributed by atoms with Crippen molar-refractivity contribution in [1.82, 2.24) is 10.4 Å². The van der Waals surface area contributed by atoms with E-state index >= 15 is 0 Å². The number of nitrogens with two attached hydrogens (primary N) is 1. The van der Waals surface area contributed by atoms with Gasteiger partial charge in [0, 0.05) is 28.7 Å². The van der Waals surface area contributed by atoms with E-state index < -0.39 is 0 Å². The minimum Gasteiger partial charge on any atom is -0.271 e. The molecular weight excluding hydrogens is 245 g/mol. The van der Waals surface area contributed by atoms with E-state index in [2.05, 4.69) is 10.4 Å². The van der Waals surface area contributed by atoms with Gasteiger partial charge in [-0.05, 0) is 11.6 Å². The van der Waals surface area contributed by atoms with Gasteiger partial charge in [-0.15, -0.1) is 0 Å². The number of thioether (sulfide) groups is 2. The summed E-state index contributed by atoms with van der Waals surface area (Å²) < 4.78 is 13.1. The first-order chi connectivity index (χ1) is 7.81. The van der Waals surface area contributed by atoms with Crippen LogP contribution in [0, 0.1) is 5.82 Å². The molecule has 3 N–H and O–H groups in total. The molecule has 1 aliphatic heterocycles. The lowest BCUT2D eigenvalue weighted by Crippen LogP contribution is -2.37. The van der Waals surface area contributed by atoms with Crippen molar-refractivity contribution in [2.75, 3.05) is 17.3 Å². The molecule has 88 valence electrons. The number of hydrogen-bond acceptors (Lipinski definition) is 5. The zero-order valence-corrected chi connectivity index (χ0v) is 10.4. The van der Waals surface area contributed by atoms with Crippen LogP contribution in [0.3, 0.4) is 0 Å². The molecule has 2 rings (SSSR count). The van der Waals surface area contributed by atoms with E-state index in [9.17, 15) is 4.39 Å². The number of aromatic nitrogens is 1. The number of nitrogens with zero attached hydrogens (tertiary/aromatic N) is 1. The van der Waals surface area contributed by atoms with E-state index in [0.29, 0.717) is 5.25 Å². The van der Waals surface area contributed by atoms with Crippen LogP contribution < -0.4 is 11.3 Å². The Morgan fingerprint density at radius 2 is 2.38 bits per heavy atom. The van der Waals surface area contributed by atoms with Gasteiger partial charge in [0.25, 0.3) is 0 Å². The van der Waals surface area contributed by atoms with Gasteiger partial charge in [0.2, 0.25) is 0 Å². The van der Waals surface area contributed by atoms with Crippen LogP contribution in [0.5, 0.6) is 0 Å². The molecule has 0 aliphatic carbocycles. The van der Waals surface area contributed by atoms with Crippen molar-refractivity contribution in [3.8, 4) is 0 Å². The van der Waals surface area contributed by atoms with Gasteiger partial charge < -0.3 is 0 Å². The summed E-state index contributed by atoms with van der Waals surface area (Å²) in [5.74, 6) is 8.59. The third-order valence-corrected chi connectivity index (χ3v) is 5.34. The van der Waals surface area contributed by atoms with Gasteiger partial charge in [-0.3, -0.25) is 16.3 Å². The number of nitrogens with one attached hydrogen (secondary N) is 1. The number of pyridine rings is 1. The normalized spacial score (nSPS) is 23.0. The zero-order chi connectivity index (χ0) is 11.4.